The summed E-state index contributed by atoms with van der Waals surface area (Å²) < 4.78 is 12.4. The molecule has 0 bridgehead atoms. The van der Waals surface area contributed by atoms with Crippen LogP contribution in [0.2, 0.25) is 0 Å². The normalized spacial score (nSPS) is 21.9. The zero-order valence-corrected chi connectivity index (χ0v) is 21.4. The molecule has 2 heterocycles. The lowest BCUT2D eigenvalue weighted by molar-refractivity contribution is -0.00374. The molecule has 1 fully saturated rings. The summed E-state index contributed by atoms with van der Waals surface area (Å²) in [6.07, 6.45) is 11.9. The number of aromatic nitrogens is 1. The quantitative estimate of drug-likeness (QED) is 0.440. The highest BCUT2D eigenvalue weighted by molar-refractivity contribution is 5.47. The van der Waals surface area contributed by atoms with Gasteiger partial charge in [0.2, 0.25) is 0 Å². The fourth-order valence-corrected chi connectivity index (χ4v) is 5.06. The van der Waals surface area contributed by atoms with Crippen molar-refractivity contribution in [1.29, 1.82) is 0 Å². The molecule has 0 amide bonds. The van der Waals surface area contributed by atoms with E-state index in [1.807, 2.05) is 18.2 Å². The maximum atomic E-state index is 10.9. The Hall–Kier alpha value is -2.75. The summed E-state index contributed by atoms with van der Waals surface area (Å²) in [4.78, 5) is 4.21. The number of phenolic OH excluding ortho intramolecular Hbond substituents is 1. The van der Waals surface area contributed by atoms with Crippen LogP contribution in [-0.4, -0.2) is 33.5 Å². The number of nitrogens with zero attached hydrogens (tertiary/aromatic N) is 1. The van der Waals surface area contributed by atoms with E-state index in [-0.39, 0.29) is 23.9 Å². The molecule has 2 aliphatic rings. The molecule has 2 aromatic rings. The van der Waals surface area contributed by atoms with Gasteiger partial charge in [-0.25, -0.2) is 4.98 Å². The molecular weight excluding hydrogens is 452 g/mol. The van der Waals surface area contributed by atoms with E-state index in [9.17, 15) is 10.2 Å². The van der Waals surface area contributed by atoms with Crippen molar-refractivity contribution in [2.45, 2.75) is 102 Å². The van der Waals surface area contributed by atoms with Crippen molar-refractivity contribution >= 4 is 5.82 Å². The number of phenols is 1. The van der Waals surface area contributed by atoms with Crippen molar-refractivity contribution in [3.63, 3.8) is 0 Å². The molecule has 0 saturated heterocycles. The number of aromatic hydroxyl groups is 1. The standard InChI is InChI=1S/C30H40N2O4/c1-21-6-5-9-27(35-20-24-19-32-30(31)17-23(24)13-10-21)18-25(33)14-11-22-12-15-28(34)29(16-22)36-26-7-3-2-4-8-26/h12,15-17,19,21,25-27,33-34H,2-9,11,14,18,20H2,1H3,(H2,31,32)/t21-,25-,27+/m1/s1. The minimum absolute atomic E-state index is 0.0410. The van der Waals surface area contributed by atoms with Crippen LogP contribution in [0, 0.1) is 17.8 Å². The number of rotatable bonds is 7. The molecule has 1 aromatic heterocycles. The third kappa shape index (κ3) is 7.88. The zero-order valence-electron chi connectivity index (χ0n) is 21.4. The largest absolute Gasteiger partial charge is 0.504 e. The predicted molar refractivity (Wildman–Crippen MR) is 142 cm³/mol. The van der Waals surface area contributed by atoms with E-state index in [1.54, 1.807) is 12.3 Å². The van der Waals surface area contributed by atoms with E-state index in [2.05, 4.69) is 23.7 Å². The molecular formula is C30H40N2O4. The van der Waals surface area contributed by atoms with E-state index < -0.39 is 6.10 Å². The lowest BCUT2D eigenvalue weighted by atomic mass is 9.97. The van der Waals surface area contributed by atoms with Crippen molar-refractivity contribution in [3.05, 3.63) is 47.2 Å². The van der Waals surface area contributed by atoms with Crippen LogP contribution < -0.4 is 10.5 Å². The van der Waals surface area contributed by atoms with E-state index in [0.29, 0.717) is 37.4 Å². The number of aliphatic hydroxyl groups excluding tert-OH is 1. The van der Waals surface area contributed by atoms with Crippen LogP contribution in [0.15, 0.2) is 30.5 Å². The summed E-state index contributed by atoms with van der Waals surface area (Å²) in [5.74, 6) is 8.07. The summed E-state index contributed by atoms with van der Waals surface area (Å²) in [6, 6.07) is 7.35. The van der Waals surface area contributed by atoms with E-state index >= 15 is 0 Å². The lowest BCUT2D eigenvalue weighted by Crippen LogP contribution is -2.22. The molecule has 6 heteroatoms. The Labute approximate surface area is 215 Å². The van der Waals surface area contributed by atoms with E-state index in [4.69, 9.17) is 15.2 Å². The van der Waals surface area contributed by atoms with Crippen LogP contribution in [0.25, 0.3) is 0 Å². The maximum absolute atomic E-state index is 10.9. The molecule has 36 heavy (non-hydrogen) atoms. The molecule has 0 radical (unpaired) electrons. The van der Waals surface area contributed by atoms with Gasteiger partial charge in [-0.2, -0.15) is 0 Å². The number of aliphatic hydroxyl groups is 1. The Morgan fingerprint density at radius 3 is 2.81 bits per heavy atom. The summed E-state index contributed by atoms with van der Waals surface area (Å²) in [7, 11) is 0. The molecule has 1 aliphatic heterocycles. The summed E-state index contributed by atoms with van der Waals surface area (Å²) in [5, 5.41) is 21.1. The third-order valence-electron chi connectivity index (χ3n) is 7.27. The topological polar surface area (TPSA) is 97.8 Å². The van der Waals surface area contributed by atoms with Gasteiger partial charge in [-0.3, -0.25) is 0 Å². The van der Waals surface area contributed by atoms with Gasteiger partial charge >= 0.3 is 0 Å². The highest BCUT2D eigenvalue weighted by Gasteiger charge is 2.19. The second-order valence-electron chi connectivity index (χ2n) is 10.4. The molecule has 0 spiro atoms. The van der Waals surface area contributed by atoms with Crippen LogP contribution in [0.4, 0.5) is 5.82 Å². The Morgan fingerprint density at radius 1 is 1.14 bits per heavy atom. The number of anilines is 1. The van der Waals surface area contributed by atoms with Gasteiger partial charge in [-0.15, -0.1) is 0 Å². The second kappa shape index (κ2) is 13.0. The van der Waals surface area contributed by atoms with Crippen LogP contribution in [0.3, 0.4) is 0 Å². The monoisotopic (exact) mass is 492 g/mol. The van der Waals surface area contributed by atoms with Gasteiger partial charge in [0.25, 0.3) is 0 Å². The molecule has 4 rings (SSSR count). The van der Waals surface area contributed by atoms with Gasteiger partial charge in [0.05, 0.1) is 24.9 Å². The van der Waals surface area contributed by atoms with Crippen LogP contribution >= 0.6 is 0 Å². The number of pyridine rings is 1. The van der Waals surface area contributed by atoms with Crippen molar-refractivity contribution in [2.75, 3.05) is 5.73 Å². The first-order chi connectivity index (χ1) is 17.5. The Kier molecular flexibility index (Phi) is 9.49. The van der Waals surface area contributed by atoms with Gasteiger partial charge < -0.3 is 25.4 Å². The SMILES string of the molecule is C[C@H]1C#Cc2cc(N)ncc2CO[C@H](C[C@H](O)CCc2ccc(O)c(OC3CCCCC3)c2)CCC1. The average Bonchev–Trinajstić information content (AvgIpc) is 2.90. The maximum Gasteiger partial charge on any atom is 0.161 e. The molecule has 194 valence electrons. The molecule has 1 saturated carbocycles. The Bertz CT molecular complexity index is 1050. The highest BCUT2D eigenvalue weighted by atomic mass is 16.5. The smallest absolute Gasteiger partial charge is 0.161 e. The Balaban J connectivity index is 1.33. The average molecular weight is 493 g/mol. The fourth-order valence-electron chi connectivity index (χ4n) is 5.06. The molecule has 6 nitrogen and oxygen atoms in total. The molecule has 0 unspecified atom stereocenters. The van der Waals surface area contributed by atoms with Crippen molar-refractivity contribution in [2.24, 2.45) is 5.92 Å². The number of hydrogen-bond donors (Lipinski definition) is 3. The highest BCUT2D eigenvalue weighted by Crippen LogP contribution is 2.32. The van der Waals surface area contributed by atoms with Gasteiger partial charge in [-0.05, 0) is 88.0 Å². The van der Waals surface area contributed by atoms with E-state index in [0.717, 1.165) is 48.8 Å². The van der Waals surface area contributed by atoms with Gasteiger partial charge in [-0.1, -0.05) is 31.3 Å². The first kappa shape index (κ1) is 26.3. The van der Waals surface area contributed by atoms with E-state index in [1.165, 1.54) is 19.3 Å². The van der Waals surface area contributed by atoms with Crippen LogP contribution in [-0.2, 0) is 17.8 Å². The summed E-state index contributed by atoms with van der Waals surface area (Å²) in [5.41, 5.74) is 8.73. The van der Waals surface area contributed by atoms with Crippen LogP contribution in [0.5, 0.6) is 11.5 Å². The summed E-state index contributed by atoms with van der Waals surface area (Å²) >= 11 is 0. The summed E-state index contributed by atoms with van der Waals surface area (Å²) in [6.45, 7) is 2.55. The first-order valence-corrected chi connectivity index (χ1v) is 13.5. The minimum atomic E-state index is -0.477. The van der Waals surface area contributed by atoms with Gasteiger partial charge in [0, 0.05) is 23.2 Å². The minimum Gasteiger partial charge on any atom is -0.504 e. The number of benzene rings is 1. The molecule has 1 aliphatic carbocycles. The zero-order chi connectivity index (χ0) is 25.3. The van der Waals surface area contributed by atoms with Crippen molar-refractivity contribution in [1.82, 2.24) is 4.98 Å². The number of hydrogen-bond acceptors (Lipinski definition) is 6. The van der Waals surface area contributed by atoms with Gasteiger partial charge in [0.1, 0.15) is 5.82 Å². The first-order valence-electron chi connectivity index (χ1n) is 13.5. The number of nitrogen functional groups attached to an aromatic ring is 1. The fraction of sp³-hybridized carbons (Fsp3) is 0.567. The molecule has 4 N–H and O–H groups in total. The third-order valence-corrected chi connectivity index (χ3v) is 7.27. The van der Waals surface area contributed by atoms with Crippen LogP contribution in [0.1, 0.15) is 87.8 Å². The second-order valence-corrected chi connectivity index (χ2v) is 10.4. The van der Waals surface area contributed by atoms with Crippen molar-refractivity contribution in [3.8, 4) is 23.3 Å². The molecule has 3 atom stereocenters. The van der Waals surface area contributed by atoms with Crippen molar-refractivity contribution < 1.29 is 19.7 Å². The number of ether oxygens (including phenoxy) is 2. The van der Waals surface area contributed by atoms with Gasteiger partial charge in [0.15, 0.2) is 11.5 Å². The number of nitrogens with two attached hydrogens (primary N) is 1. The Morgan fingerprint density at radius 2 is 1.97 bits per heavy atom. The predicted octanol–water partition coefficient (Wildman–Crippen LogP) is 5.52. The lowest BCUT2D eigenvalue weighted by Gasteiger charge is -2.24. The number of aryl methyl sites for hydroxylation is 1. The number of fused-ring (bicyclic) bond motifs is 1. The molecule has 1 aromatic carbocycles.